The average Bonchev–Trinajstić information content (AvgIpc) is 3.49. The third-order valence-electron chi connectivity index (χ3n) is 7.73. The van der Waals surface area contributed by atoms with Crippen molar-refractivity contribution in [1.29, 1.82) is 0 Å². The molecule has 7 heteroatoms. The normalized spacial score (nSPS) is 23.8. The van der Waals surface area contributed by atoms with Crippen LogP contribution in [0.3, 0.4) is 0 Å². The van der Waals surface area contributed by atoms with Crippen molar-refractivity contribution < 1.29 is 23.9 Å². The summed E-state index contributed by atoms with van der Waals surface area (Å²) in [4.78, 5) is 56.9. The number of Topliss-reactive ketones (excluding diaryl/α,β-unsaturated/α-hetero) is 2. The van der Waals surface area contributed by atoms with Crippen LogP contribution >= 0.6 is 11.6 Å². The van der Waals surface area contributed by atoms with Gasteiger partial charge in [-0.1, -0.05) is 78.3 Å². The number of amides is 2. The first-order valence-corrected chi connectivity index (χ1v) is 12.3. The van der Waals surface area contributed by atoms with Crippen molar-refractivity contribution >= 4 is 51.4 Å². The highest BCUT2D eigenvalue weighted by molar-refractivity contribution is 6.37. The van der Waals surface area contributed by atoms with Crippen LogP contribution in [0, 0.1) is 11.8 Å². The molecule has 7 rings (SSSR count). The molecule has 3 aliphatic rings. The smallest absolute Gasteiger partial charge is 0.241 e. The SMILES string of the molecule is O=C1[C@@H]2[C@@H](c3cccc4ccccc34)OC3(C(=O)c4ccccc4C3=O)[C@@H]2C(=O)N1c1ccc(Cl)cc1. The summed E-state index contributed by atoms with van der Waals surface area (Å²) in [6, 6.07) is 26.0. The van der Waals surface area contributed by atoms with Crippen molar-refractivity contribution in [3.05, 3.63) is 113 Å². The third kappa shape index (κ3) is 2.79. The van der Waals surface area contributed by atoms with Gasteiger partial charge in [0.25, 0.3) is 0 Å². The Hall–Kier alpha value is -4.13. The molecule has 180 valence electrons. The van der Waals surface area contributed by atoms with Gasteiger partial charge in [0.2, 0.25) is 29.0 Å². The maximum absolute atomic E-state index is 14.0. The highest BCUT2D eigenvalue weighted by Gasteiger charge is 2.74. The van der Waals surface area contributed by atoms with E-state index < -0.39 is 46.9 Å². The van der Waals surface area contributed by atoms with Crippen molar-refractivity contribution in [3.8, 4) is 0 Å². The van der Waals surface area contributed by atoms with E-state index in [0.717, 1.165) is 15.7 Å². The Morgan fingerprint density at radius 1 is 0.703 bits per heavy atom. The minimum atomic E-state index is -2.11. The lowest BCUT2D eigenvalue weighted by Gasteiger charge is -2.27. The van der Waals surface area contributed by atoms with E-state index in [1.54, 1.807) is 48.5 Å². The first kappa shape index (κ1) is 22.1. The van der Waals surface area contributed by atoms with Crippen LogP contribution < -0.4 is 4.90 Å². The van der Waals surface area contributed by atoms with E-state index in [-0.39, 0.29) is 11.1 Å². The van der Waals surface area contributed by atoms with Gasteiger partial charge in [-0.3, -0.25) is 19.2 Å². The van der Waals surface area contributed by atoms with Crippen LogP contribution in [0.25, 0.3) is 10.8 Å². The fourth-order valence-electron chi connectivity index (χ4n) is 6.14. The van der Waals surface area contributed by atoms with Gasteiger partial charge < -0.3 is 4.74 Å². The lowest BCUT2D eigenvalue weighted by Crippen LogP contribution is -2.51. The number of benzene rings is 4. The average molecular weight is 508 g/mol. The molecule has 0 unspecified atom stereocenters. The topological polar surface area (TPSA) is 80.8 Å². The summed E-state index contributed by atoms with van der Waals surface area (Å²) >= 11 is 6.04. The van der Waals surface area contributed by atoms with Crippen LogP contribution in [-0.2, 0) is 14.3 Å². The summed E-state index contributed by atoms with van der Waals surface area (Å²) < 4.78 is 6.43. The number of carbonyl (C=O) groups excluding carboxylic acids is 4. The molecule has 2 aliphatic heterocycles. The predicted molar refractivity (Wildman–Crippen MR) is 137 cm³/mol. The van der Waals surface area contributed by atoms with Gasteiger partial charge in [-0.15, -0.1) is 0 Å². The van der Waals surface area contributed by atoms with E-state index in [1.165, 1.54) is 0 Å². The molecule has 0 bridgehead atoms. The van der Waals surface area contributed by atoms with E-state index in [2.05, 4.69) is 0 Å². The van der Waals surface area contributed by atoms with Crippen LogP contribution in [0.4, 0.5) is 5.69 Å². The molecular weight excluding hydrogens is 490 g/mol. The predicted octanol–water partition coefficient (Wildman–Crippen LogP) is 5.19. The van der Waals surface area contributed by atoms with Crippen molar-refractivity contribution in [2.45, 2.75) is 11.7 Å². The zero-order valence-electron chi connectivity index (χ0n) is 19.3. The van der Waals surface area contributed by atoms with Crippen molar-refractivity contribution in [2.24, 2.45) is 11.8 Å². The summed E-state index contributed by atoms with van der Waals surface area (Å²) in [6.07, 6.45) is -0.980. The zero-order chi connectivity index (χ0) is 25.5. The minimum absolute atomic E-state index is 0.204. The maximum Gasteiger partial charge on any atom is 0.241 e. The molecule has 2 fully saturated rings. The van der Waals surface area contributed by atoms with Gasteiger partial charge in [-0.25, -0.2) is 4.90 Å². The molecule has 2 amide bonds. The van der Waals surface area contributed by atoms with Gasteiger partial charge in [-0.05, 0) is 40.6 Å². The second-order valence-electron chi connectivity index (χ2n) is 9.54. The van der Waals surface area contributed by atoms with Gasteiger partial charge in [0.05, 0.1) is 23.6 Å². The van der Waals surface area contributed by atoms with E-state index in [1.807, 2.05) is 42.5 Å². The summed E-state index contributed by atoms with van der Waals surface area (Å²) in [7, 11) is 0. The van der Waals surface area contributed by atoms with Crippen LogP contribution in [0.1, 0.15) is 32.4 Å². The first-order chi connectivity index (χ1) is 17.9. The number of anilines is 1. The van der Waals surface area contributed by atoms with E-state index >= 15 is 0 Å². The number of imide groups is 1. The number of halogens is 1. The van der Waals surface area contributed by atoms with E-state index in [4.69, 9.17) is 16.3 Å². The van der Waals surface area contributed by atoms with Crippen molar-refractivity contribution in [2.75, 3.05) is 4.90 Å². The molecule has 1 aliphatic carbocycles. The second-order valence-corrected chi connectivity index (χ2v) is 9.97. The Balaban J connectivity index is 1.46. The van der Waals surface area contributed by atoms with Crippen LogP contribution in [-0.4, -0.2) is 29.0 Å². The van der Waals surface area contributed by atoms with Gasteiger partial charge >= 0.3 is 0 Å². The second kappa shape index (κ2) is 7.68. The maximum atomic E-state index is 14.0. The highest BCUT2D eigenvalue weighted by atomic mass is 35.5. The van der Waals surface area contributed by atoms with Crippen molar-refractivity contribution in [3.63, 3.8) is 0 Å². The molecule has 0 N–H and O–H groups in total. The van der Waals surface area contributed by atoms with Crippen LogP contribution in [0.15, 0.2) is 91.0 Å². The largest absolute Gasteiger partial charge is 0.349 e. The first-order valence-electron chi connectivity index (χ1n) is 11.9. The number of hydrogen-bond donors (Lipinski definition) is 0. The third-order valence-corrected chi connectivity index (χ3v) is 7.99. The molecular formula is C30H18ClNO5. The molecule has 0 saturated carbocycles. The summed E-state index contributed by atoms with van der Waals surface area (Å²) in [6.45, 7) is 0. The number of ketones is 2. The Kier molecular flexibility index (Phi) is 4.59. The molecule has 0 aromatic heterocycles. The van der Waals surface area contributed by atoms with Crippen molar-refractivity contribution in [1.82, 2.24) is 0 Å². The van der Waals surface area contributed by atoms with Crippen LogP contribution in [0.2, 0.25) is 5.02 Å². The monoisotopic (exact) mass is 507 g/mol. The number of hydrogen-bond acceptors (Lipinski definition) is 5. The molecule has 2 saturated heterocycles. The Bertz CT molecular complexity index is 1640. The Labute approximate surface area is 216 Å². The molecule has 4 aromatic carbocycles. The number of rotatable bonds is 2. The number of fused-ring (bicyclic) bond motifs is 4. The van der Waals surface area contributed by atoms with E-state index in [0.29, 0.717) is 16.3 Å². The molecule has 4 aromatic rings. The minimum Gasteiger partial charge on any atom is -0.349 e. The Morgan fingerprint density at radius 3 is 2.03 bits per heavy atom. The summed E-state index contributed by atoms with van der Waals surface area (Å²) in [5, 5.41) is 2.19. The summed E-state index contributed by atoms with van der Waals surface area (Å²) in [5.74, 6) is -4.66. The van der Waals surface area contributed by atoms with E-state index in [9.17, 15) is 19.2 Å². The standard InChI is InChI=1S/C30H18ClNO5/c31-17-12-14-18(15-13-17)32-28(35)23-24(29(32)36)30(26(33)21-9-3-4-10-22(21)27(30)34)37-25(23)20-11-5-7-16-6-1-2-8-19(16)20/h1-15,23-25H/t23-,24-,25+/m0/s1. The Morgan fingerprint density at radius 2 is 1.32 bits per heavy atom. The number of nitrogens with zero attached hydrogens (tertiary/aromatic N) is 1. The van der Waals surface area contributed by atoms with Gasteiger partial charge in [0.1, 0.15) is 0 Å². The van der Waals surface area contributed by atoms with Gasteiger partial charge in [0, 0.05) is 16.1 Å². The highest BCUT2D eigenvalue weighted by Crippen LogP contribution is 2.58. The summed E-state index contributed by atoms with van der Waals surface area (Å²) in [5.41, 5.74) is -0.717. The molecule has 37 heavy (non-hydrogen) atoms. The zero-order valence-corrected chi connectivity index (χ0v) is 20.0. The lowest BCUT2D eigenvalue weighted by molar-refractivity contribution is -0.127. The van der Waals surface area contributed by atoms with Gasteiger partial charge in [0.15, 0.2) is 0 Å². The molecule has 1 spiro atoms. The quantitative estimate of drug-likeness (QED) is 0.275. The number of carbonyl (C=O) groups is 4. The molecule has 3 atom stereocenters. The fourth-order valence-corrected chi connectivity index (χ4v) is 6.27. The lowest BCUT2D eigenvalue weighted by atomic mass is 9.77. The molecule has 0 radical (unpaired) electrons. The van der Waals surface area contributed by atoms with Gasteiger partial charge in [-0.2, -0.15) is 0 Å². The molecule has 6 nitrogen and oxygen atoms in total. The fraction of sp³-hybridized carbons (Fsp3) is 0.133. The van der Waals surface area contributed by atoms with Crippen LogP contribution in [0.5, 0.6) is 0 Å². The number of ether oxygens (including phenoxy) is 1. The molecule has 2 heterocycles.